The first-order valence-electron chi connectivity index (χ1n) is 6.71. The van der Waals surface area contributed by atoms with E-state index in [1.165, 1.54) is 0 Å². The molecule has 0 unspecified atom stereocenters. The lowest BCUT2D eigenvalue weighted by molar-refractivity contribution is -0.124. The zero-order valence-electron chi connectivity index (χ0n) is 11.6. The van der Waals surface area contributed by atoms with Crippen molar-refractivity contribution in [3.05, 3.63) is 0 Å². The smallest absolute Gasteiger partial charge is 0.237 e. The molecule has 1 rings (SSSR count). The summed E-state index contributed by atoms with van der Waals surface area (Å²) in [7, 11) is 0. The Hall–Kier alpha value is -0.610. The molecule has 100 valence electrons. The number of hydrogen-bond acceptors (Lipinski definition) is 3. The highest BCUT2D eigenvalue weighted by atomic mass is 16.2. The molecule has 1 atom stereocenters. The number of carbonyl (C=O) groups excluding carboxylic acids is 1. The summed E-state index contributed by atoms with van der Waals surface area (Å²) < 4.78 is 0. The number of likely N-dealkylation sites (tertiary alicyclic amines) is 1. The molecule has 17 heavy (non-hydrogen) atoms. The Morgan fingerprint density at radius 3 is 2.18 bits per heavy atom. The molecule has 0 radical (unpaired) electrons. The topological polar surface area (TPSA) is 58.4 Å². The Morgan fingerprint density at radius 2 is 1.76 bits per heavy atom. The van der Waals surface area contributed by atoms with Gasteiger partial charge in [-0.3, -0.25) is 4.79 Å². The van der Waals surface area contributed by atoms with Crippen molar-refractivity contribution in [3.8, 4) is 0 Å². The van der Waals surface area contributed by atoms with Crippen molar-refractivity contribution in [1.29, 1.82) is 0 Å². The second kappa shape index (κ2) is 6.36. The summed E-state index contributed by atoms with van der Waals surface area (Å²) in [5.74, 6) is 0.203. The van der Waals surface area contributed by atoms with Gasteiger partial charge in [0.2, 0.25) is 5.91 Å². The number of hydrogen-bond donors (Lipinski definition) is 2. The molecule has 3 N–H and O–H groups in total. The molecule has 1 heterocycles. The van der Waals surface area contributed by atoms with Gasteiger partial charge in [-0.2, -0.15) is 0 Å². The van der Waals surface area contributed by atoms with Crippen LogP contribution in [0.5, 0.6) is 0 Å². The van der Waals surface area contributed by atoms with Crippen molar-refractivity contribution in [2.45, 2.75) is 58.7 Å². The lowest BCUT2D eigenvalue weighted by Gasteiger charge is -2.35. The second-order valence-corrected chi connectivity index (χ2v) is 5.68. The Morgan fingerprint density at radius 1 is 1.24 bits per heavy atom. The van der Waals surface area contributed by atoms with Gasteiger partial charge < -0.3 is 16.0 Å². The summed E-state index contributed by atoms with van der Waals surface area (Å²) >= 11 is 0. The van der Waals surface area contributed by atoms with E-state index in [2.05, 4.69) is 24.1 Å². The molecule has 0 aromatic rings. The van der Waals surface area contributed by atoms with Crippen molar-refractivity contribution in [1.82, 2.24) is 10.2 Å². The van der Waals surface area contributed by atoms with Gasteiger partial charge in [0, 0.05) is 25.2 Å². The van der Waals surface area contributed by atoms with Gasteiger partial charge in [0.25, 0.3) is 0 Å². The van der Waals surface area contributed by atoms with E-state index >= 15 is 0 Å². The fourth-order valence-electron chi connectivity index (χ4n) is 2.16. The SMILES string of the molecule is CC(C)[C@H](N)C(=O)NC1CCN(C(C)C)CC1. The number of rotatable bonds is 4. The lowest BCUT2D eigenvalue weighted by Crippen LogP contribution is -2.51. The highest BCUT2D eigenvalue weighted by molar-refractivity contribution is 5.82. The zero-order valence-corrected chi connectivity index (χ0v) is 11.6. The summed E-state index contributed by atoms with van der Waals surface area (Å²) in [6, 6.07) is 0.532. The van der Waals surface area contributed by atoms with Crippen LogP contribution in [-0.4, -0.2) is 42.0 Å². The minimum absolute atomic E-state index is 0.00277. The van der Waals surface area contributed by atoms with Gasteiger partial charge in [-0.25, -0.2) is 0 Å². The van der Waals surface area contributed by atoms with Gasteiger partial charge in [0.1, 0.15) is 0 Å². The molecule has 1 fully saturated rings. The standard InChI is InChI=1S/C13H27N3O/c1-9(2)12(14)13(17)15-11-5-7-16(8-6-11)10(3)4/h9-12H,5-8,14H2,1-4H3,(H,15,17)/t12-/m0/s1. The van der Waals surface area contributed by atoms with Crippen molar-refractivity contribution >= 4 is 5.91 Å². The maximum atomic E-state index is 11.8. The molecule has 0 aliphatic carbocycles. The Balaban J connectivity index is 2.33. The van der Waals surface area contributed by atoms with Crippen LogP contribution in [-0.2, 0) is 4.79 Å². The van der Waals surface area contributed by atoms with Crippen LogP contribution in [0.3, 0.4) is 0 Å². The Labute approximate surface area is 105 Å². The normalized spacial score (nSPS) is 20.9. The fraction of sp³-hybridized carbons (Fsp3) is 0.923. The number of amides is 1. The van der Waals surface area contributed by atoms with E-state index in [-0.39, 0.29) is 17.9 Å². The van der Waals surface area contributed by atoms with E-state index in [0.29, 0.717) is 12.1 Å². The molecule has 0 aromatic carbocycles. The van der Waals surface area contributed by atoms with Crippen molar-refractivity contribution < 1.29 is 4.79 Å². The monoisotopic (exact) mass is 241 g/mol. The first-order chi connectivity index (χ1) is 7.91. The molecule has 1 aliphatic heterocycles. The lowest BCUT2D eigenvalue weighted by atomic mass is 10.0. The molecule has 4 heteroatoms. The summed E-state index contributed by atoms with van der Waals surface area (Å²) in [6.45, 7) is 10.5. The first kappa shape index (κ1) is 14.5. The highest BCUT2D eigenvalue weighted by Gasteiger charge is 2.24. The molecular weight excluding hydrogens is 214 g/mol. The van der Waals surface area contributed by atoms with Gasteiger partial charge in [-0.1, -0.05) is 13.8 Å². The summed E-state index contributed by atoms with van der Waals surface area (Å²) in [5.41, 5.74) is 5.83. The number of nitrogens with two attached hydrogens (primary N) is 1. The predicted octanol–water partition coefficient (Wildman–Crippen LogP) is 0.959. The highest BCUT2D eigenvalue weighted by Crippen LogP contribution is 2.13. The minimum atomic E-state index is -0.377. The summed E-state index contributed by atoms with van der Waals surface area (Å²) in [5, 5.41) is 3.07. The predicted molar refractivity (Wildman–Crippen MR) is 70.7 cm³/mol. The third kappa shape index (κ3) is 4.28. The third-order valence-electron chi connectivity index (χ3n) is 3.63. The van der Waals surface area contributed by atoms with Crippen molar-refractivity contribution in [2.75, 3.05) is 13.1 Å². The Bertz CT molecular complexity index is 245. The van der Waals surface area contributed by atoms with Crippen LogP contribution in [0.4, 0.5) is 0 Å². The van der Waals surface area contributed by atoms with Crippen LogP contribution in [0.25, 0.3) is 0 Å². The molecular formula is C13H27N3O. The molecule has 0 spiro atoms. The fourth-order valence-corrected chi connectivity index (χ4v) is 2.16. The quantitative estimate of drug-likeness (QED) is 0.771. The molecule has 0 bridgehead atoms. The first-order valence-corrected chi connectivity index (χ1v) is 6.71. The van der Waals surface area contributed by atoms with Crippen LogP contribution in [0.2, 0.25) is 0 Å². The summed E-state index contributed by atoms with van der Waals surface area (Å²) in [4.78, 5) is 14.3. The maximum absolute atomic E-state index is 11.8. The van der Waals surface area contributed by atoms with Crippen molar-refractivity contribution in [3.63, 3.8) is 0 Å². The Kier molecular flexibility index (Phi) is 5.40. The number of piperidine rings is 1. The van der Waals surface area contributed by atoms with Gasteiger partial charge in [-0.15, -0.1) is 0 Å². The summed E-state index contributed by atoms with van der Waals surface area (Å²) in [6.07, 6.45) is 2.07. The maximum Gasteiger partial charge on any atom is 0.237 e. The van der Waals surface area contributed by atoms with E-state index in [9.17, 15) is 4.79 Å². The molecule has 0 saturated carbocycles. The second-order valence-electron chi connectivity index (χ2n) is 5.68. The van der Waals surface area contributed by atoms with Crippen LogP contribution >= 0.6 is 0 Å². The van der Waals surface area contributed by atoms with E-state index in [1.807, 2.05) is 13.8 Å². The van der Waals surface area contributed by atoms with Crippen LogP contribution in [0.15, 0.2) is 0 Å². The van der Waals surface area contributed by atoms with E-state index in [1.54, 1.807) is 0 Å². The van der Waals surface area contributed by atoms with Gasteiger partial charge in [-0.05, 0) is 32.6 Å². The van der Waals surface area contributed by atoms with Crippen LogP contribution < -0.4 is 11.1 Å². The number of nitrogens with zero attached hydrogens (tertiary/aromatic N) is 1. The molecule has 1 aliphatic rings. The minimum Gasteiger partial charge on any atom is -0.352 e. The van der Waals surface area contributed by atoms with E-state index in [4.69, 9.17) is 5.73 Å². The zero-order chi connectivity index (χ0) is 13.0. The van der Waals surface area contributed by atoms with Crippen LogP contribution in [0.1, 0.15) is 40.5 Å². The molecule has 0 aromatic heterocycles. The van der Waals surface area contributed by atoms with Gasteiger partial charge in [0.05, 0.1) is 6.04 Å². The third-order valence-corrected chi connectivity index (χ3v) is 3.63. The average molecular weight is 241 g/mol. The average Bonchev–Trinajstić information content (AvgIpc) is 2.28. The largest absolute Gasteiger partial charge is 0.352 e. The molecule has 1 saturated heterocycles. The van der Waals surface area contributed by atoms with E-state index < -0.39 is 0 Å². The van der Waals surface area contributed by atoms with Gasteiger partial charge >= 0.3 is 0 Å². The van der Waals surface area contributed by atoms with Crippen molar-refractivity contribution in [2.24, 2.45) is 11.7 Å². The number of carbonyl (C=O) groups is 1. The van der Waals surface area contributed by atoms with E-state index in [0.717, 1.165) is 25.9 Å². The van der Waals surface area contributed by atoms with Gasteiger partial charge in [0.15, 0.2) is 0 Å². The van der Waals surface area contributed by atoms with Crippen LogP contribution in [0, 0.1) is 5.92 Å². The molecule has 4 nitrogen and oxygen atoms in total. The molecule has 1 amide bonds. The number of nitrogens with one attached hydrogen (secondary N) is 1.